The summed E-state index contributed by atoms with van der Waals surface area (Å²) in [5, 5.41) is 12.9. The second-order valence-electron chi connectivity index (χ2n) is 20.7. The Morgan fingerprint density at radius 2 is 1.05 bits per heavy atom. The Bertz CT molecular complexity index is 4530. The first-order valence-electron chi connectivity index (χ1n) is 26.0. The molecule has 1 aliphatic carbocycles. The first-order valence-corrected chi connectivity index (χ1v) is 26.8. The van der Waals surface area contributed by atoms with Crippen LogP contribution in [0.3, 0.4) is 0 Å². The minimum absolute atomic E-state index is 0.0803. The van der Waals surface area contributed by atoms with Crippen molar-refractivity contribution in [3.63, 3.8) is 0 Å². The van der Waals surface area contributed by atoms with E-state index in [1.54, 1.807) is 0 Å². The van der Waals surface area contributed by atoms with Crippen LogP contribution in [0.15, 0.2) is 243 Å². The highest BCUT2D eigenvalue weighted by Crippen LogP contribution is 2.48. The molecule has 0 bridgehead atoms. The molecular formula is C70H51N3S. The van der Waals surface area contributed by atoms with Gasteiger partial charge in [-0.15, -0.1) is 11.3 Å². The molecule has 0 amide bonds. The quantitative estimate of drug-likeness (QED) is 0.145. The molecule has 0 saturated heterocycles. The minimum Gasteiger partial charge on any atom is -0.333 e. The standard InChI is InChI=1S/C70H51N3S/c1-45-14-11-12-39-70(45,2)73-66-38-29-51(42-62(66)60-37-28-52-43-68-63(44-61(52)69(60)73)59-21-7-10-24-67(59)74-68)49-18-13-17-48(40-49)47-25-30-53(31-26-47)71(56-32-27-46-15-3-4-16-50(46)41-56)54-33-35-55(36-34-54)72-64-22-8-5-19-57(64)58-20-6-9-23-65(58)72/h3-13,15-38,40-45H,14,39H2,1-2H3. The Morgan fingerprint density at radius 3 is 1.82 bits per heavy atom. The maximum absolute atomic E-state index is 2.73. The summed E-state index contributed by atoms with van der Waals surface area (Å²) in [4.78, 5) is 2.38. The van der Waals surface area contributed by atoms with E-state index in [-0.39, 0.29) is 5.54 Å². The summed E-state index contributed by atoms with van der Waals surface area (Å²) in [5.74, 6) is 0.479. The number of nitrogens with zero attached hydrogens (tertiary/aromatic N) is 3. The normalized spacial score (nSPS) is 16.0. The van der Waals surface area contributed by atoms with Crippen LogP contribution in [0.4, 0.5) is 17.1 Å². The van der Waals surface area contributed by atoms with Gasteiger partial charge in [-0.3, -0.25) is 0 Å². The first-order chi connectivity index (χ1) is 36.4. The van der Waals surface area contributed by atoms with Crippen molar-refractivity contribution in [2.75, 3.05) is 4.90 Å². The highest BCUT2D eigenvalue weighted by molar-refractivity contribution is 7.25. The van der Waals surface area contributed by atoms with Crippen LogP contribution in [0.1, 0.15) is 26.7 Å². The molecule has 0 radical (unpaired) electrons. The summed E-state index contributed by atoms with van der Waals surface area (Å²) in [6.07, 6.45) is 6.87. The lowest BCUT2D eigenvalue weighted by Gasteiger charge is -2.40. The van der Waals surface area contributed by atoms with Crippen molar-refractivity contribution in [3.8, 4) is 27.9 Å². The number of benzene rings is 11. The van der Waals surface area contributed by atoms with Gasteiger partial charge in [0.25, 0.3) is 0 Å². The number of anilines is 3. The predicted octanol–water partition coefficient (Wildman–Crippen LogP) is 20.1. The average molecular weight is 966 g/mol. The molecule has 1 aliphatic rings. The van der Waals surface area contributed by atoms with E-state index in [0.29, 0.717) is 5.92 Å². The van der Waals surface area contributed by atoms with E-state index < -0.39 is 0 Å². The third-order valence-corrected chi connectivity index (χ3v) is 17.7. The van der Waals surface area contributed by atoms with E-state index in [2.05, 4.69) is 271 Å². The van der Waals surface area contributed by atoms with E-state index >= 15 is 0 Å². The van der Waals surface area contributed by atoms with Gasteiger partial charge in [0.1, 0.15) is 0 Å². The van der Waals surface area contributed by atoms with Crippen molar-refractivity contribution in [2.45, 2.75) is 32.2 Å². The van der Waals surface area contributed by atoms with Crippen molar-refractivity contribution < 1.29 is 0 Å². The molecule has 3 nitrogen and oxygen atoms in total. The SMILES string of the molecule is CC1CC=CCC1(C)n1c2ccc(-c3cccc(-c4ccc(N(c5ccc(-n6c7ccccc7c7ccccc76)cc5)c5ccc6ccccc6c5)cc4)c3)cc2c2ccc3cc4sc5ccccc5c4cc3c21. The number of aromatic nitrogens is 2. The summed E-state index contributed by atoms with van der Waals surface area (Å²) in [7, 11) is 0. The Kier molecular flexibility index (Phi) is 9.67. The summed E-state index contributed by atoms with van der Waals surface area (Å²) in [6, 6.07) is 85.9. The molecule has 0 N–H and O–H groups in total. The second kappa shape index (κ2) is 16.7. The Balaban J connectivity index is 0.818. The van der Waals surface area contributed by atoms with Crippen LogP contribution in [-0.4, -0.2) is 9.13 Å². The van der Waals surface area contributed by atoms with Crippen molar-refractivity contribution in [1.29, 1.82) is 0 Å². The number of allylic oxidation sites excluding steroid dienone is 2. The first kappa shape index (κ1) is 42.9. The van der Waals surface area contributed by atoms with E-state index in [0.717, 1.165) is 35.6 Å². The summed E-state index contributed by atoms with van der Waals surface area (Å²) in [5.41, 5.74) is 14.2. The summed E-state index contributed by atoms with van der Waals surface area (Å²) >= 11 is 1.90. The van der Waals surface area contributed by atoms with Gasteiger partial charge in [-0.25, -0.2) is 0 Å². The zero-order chi connectivity index (χ0) is 49.1. The maximum atomic E-state index is 2.73. The van der Waals surface area contributed by atoms with Gasteiger partial charge in [-0.1, -0.05) is 153 Å². The van der Waals surface area contributed by atoms with E-state index in [9.17, 15) is 0 Å². The Morgan fingerprint density at radius 1 is 0.419 bits per heavy atom. The molecule has 3 heterocycles. The number of fused-ring (bicyclic) bond motifs is 12. The molecule has 0 saturated carbocycles. The monoisotopic (exact) mass is 965 g/mol. The smallest absolute Gasteiger partial charge is 0.0576 e. The zero-order valence-electron chi connectivity index (χ0n) is 41.3. The van der Waals surface area contributed by atoms with E-state index in [1.165, 1.54) is 108 Å². The van der Waals surface area contributed by atoms with Crippen molar-refractivity contribution in [2.24, 2.45) is 5.92 Å². The lowest BCUT2D eigenvalue weighted by atomic mass is 9.78. The van der Waals surface area contributed by atoms with Gasteiger partial charge in [0.05, 0.1) is 16.6 Å². The van der Waals surface area contributed by atoms with Gasteiger partial charge in [-0.05, 0) is 161 Å². The third-order valence-electron chi connectivity index (χ3n) is 16.6. The number of rotatable bonds is 7. The lowest BCUT2D eigenvalue weighted by molar-refractivity contribution is 0.213. The van der Waals surface area contributed by atoms with E-state index in [1.807, 2.05) is 11.3 Å². The predicted molar refractivity (Wildman–Crippen MR) is 318 cm³/mol. The van der Waals surface area contributed by atoms with Gasteiger partial charge in [0, 0.05) is 80.9 Å². The second-order valence-corrected chi connectivity index (χ2v) is 21.8. The molecule has 0 spiro atoms. The molecule has 4 heteroatoms. The van der Waals surface area contributed by atoms with Crippen molar-refractivity contribution >= 4 is 114 Å². The van der Waals surface area contributed by atoms with Crippen LogP contribution >= 0.6 is 11.3 Å². The van der Waals surface area contributed by atoms with Crippen LogP contribution in [0.2, 0.25) is 0 Å². The fourth-order valence-electron chi connectivity index (χ4n) is 12.5. The van der Waals surface area contributed by atoms with Crippen LogP contribution in [0, 0.1) is 5.92 Å². The molecule has 352 valence electrons. The molecule has 2 unspecified atom stereocenters. The van der Waals surface area contributed by atoms with Crippen molar-refractivity contribution in [1.82, 2.24) is 9.13 Å². The van der Waals surface area contributed by atoms with Gasteiger partial charge >= 0.3 is 0 Å². The molecule has 74 heavy (non-hydrogen) atoms. The van der Waals surface area contributed by atoms with Crippen LogP contribution < -0.4 is 4.90 Å². The molecule has 2 atom stereocenters. The van der Waals surface area contributed by atoms with Gasteiger partial charge < -0.3 is 14.0 Å². The minimum atomic E-state index is -0.0803. The number of hydrogen-bond acceptors (Lipinski definition) is 2. The van der Waals surface area contributed by atoms with Crippen LogP contribution in [0.25, 0.3) is 113 Å². The molecule has 0 fully saturated rings. The summed E-state index contributed by atoms with van der Waals surface area (Å²) < 4.78 is 7.81. The number of thiophene rings is 1. The average Bonchev–Trinajstić information content (AvgIpc) is 4.11. The molecule has 11 aromatic carbocycles. The molecule has 15 rings (SSSR count). The largest absolute Gasteiger partial charge is 0.333 e. The molecular weight excluding hydrogens is 915 g/mol. The number of para-hydroxylation sites is 2. The fourth-order valence-corrected chi connectivity index (χ4v) is 13.7. The van der Waals surface area contributed by atoms with Gasteiger partial charge in [-0.2, -0.15) is 0 Å². The number of hydrogen-bond donors (Lipinski definition) is 0. The third kappa shape index (κ3) is 6.64. The highest BCUT2D eigenvalue weighted by Gasteiger charge is 2.36. The van der Waals surface area contributed by atoms with Gasteiger partial charge in [0.15, 0.2) is 0 Å². The Hall–Kier alpha value is -8.70. The molecule has 14 aromatic rings. The highest BCUT2D eigenvalue weighted by atomic mass is 32.1. The van der Waals surface area contributed by atoms with Crippen LogP contribution in [0.5, 0.6) is 0 Å². The lowest BCUT2D eigenvalue weighted by Crippen LogP contribution is -2.37. The zero-order valence-corrected chi connectivity index (χ0v) is 42.2. The van der Waals surface area contributed by atoms with Crippen LogP contribution in [-0.2, 0) is 5.54 Å². The summed E-state index contributed by atoms with van der Waals surface area (Å²) in [6.45, 7) is 4.93. The fraction of sp³-hybridized carbons (Fsp3) is 0.0857. The van der Waals surface area contributed by atoms with E-state index in [4.69, 9.17) is 0 Å². The van der Waals surface area contributed by atoms with Crippen molar-refractivity contribution in [3.05, 3.63) is 243 Å². The Labute approximate surface area is 434 Å². The molecule has 3 aromatic heterocycles. The van der Waals surface area contributed by atoms with Gasteiger partial charge in [0.2, 0.25) is 0 Å². The topological polar surface area (TPSA) is 13.1 Å². The molecule has 0 aliphatic heterocycles. The maximum Gasteiger partial charge on any atom is 0.0576 e.